The van der Waals surface area contributed by atoms with Crippen LogP contribution in [0.3, 0.4) is 0 Å². The van der Waals surface area contributed by atoms with E-state index in [-0.39, 0.29) is 0 Å². The van der Waals surface area contributed by atoms with E-state index in [1.807, 2.05) is 11.3 Å². The van der Waals surface area contributed by atoms with Gasteiger partial charge in [0.25, 0.3) is 0 Å². The van der Waals surface area contributed by atoms with E-state index in [0.717, 1.165) is 6.04 Å². The molecule has 2 N–H and O–H groups in total. The molecule has 112 valence electrons. The van der Waals surface area contributed by atoms with Crippen LogP contribution in [0.4, 0.5) is 0 Å². The zero-order chi connectivity index (χ0) is 14.1. The summed E-state index contributed by atoms with van der Waals surface area (Å²) in [5, 5.41) is 2.19. The molecule has 2 aliphatic rings. The Bertz CT molecular complexity index is 442. The Morgan fingerprint density at radius 2 is 2.05 bits per heavy atom. The molecular formula is C15H24BrN3S. The van der Waals surface area contributed by atoms with Crippen molar-refractivity contribution in [1.82, 2.24) is 9.80 Å². The molecular weight excluding hydrogens is 334 g/mol. The minimum Gasteiger partial charge on any atom is -0.328 e. The predicted molar refractivity (Wildman–Crippen MR) is 89.2 cm³/mol. The van der Waals surface area contributed by atoms with E-state index in [1.54, 1.807) is 0 Å². The van der Waals surface area contributed by atoms with Gasteiger partial charge >= 0.3 is 0 Å². The van der Waals surface area contributed by atoms with Crippen LogP contribution in [-0.4, -0.2) is 48.1 Å². The van der Waals surface area contributed by atoms with Crippen molar-refractivity contribution in [2.45, 2.75) is 44.3 Å². The number of rotatable bonds is 3. The molecule has 0 aliphatic carbocycles. The summed E-state index contributed by atoms with van der Waals surface area (Å²) in [5.74, 6) is 0. The van der Waals surface area contributed by atoms with Crippen molar-refractivity contribution in [2.75, 3.05) is 26.2 Å². The van der Waals surface area contributed by atoms with Crippen molar-refractivity contribution in [3.63, 3.8) is 0 Å². The van der Waals surface area contributed by atoms with E-state index < -0.39 is 0 Å². The van der Waals surface area contributed by atoms with Gasteiger partial charge in [0.05, 0.1) is 0 Å². The van der Waals surface area contributed by atoms with Crippen LogP contribution in [0.25, 0.3) is 0 Å². The van der Waals surface area contributed by atoms with Crippen LogP contribution >= 0.6 is 27.3 Å². The summed E-state index contributed by atoms with van der Waals surface area (Å²) >= 11 is 5.42. The largest absolute Gasteiger partial charge is 0.328 e. The average Bonchev–Trinajstić information content (AvgIpc) is 3.08. The van der Waals surface area contributed by atoms with Gasteiger partial charge in [-0.3, -0.25) is 9.80 Å². The highest BCUT2D eigenvalue weighted by molar-refractivity contribution is 9.10. The minimum atomic E-state index is 0.436. The van der Waals surface area contributed by atoms with Gasteiger partial charge in [-0.1, -0.05) is 0 Å². The number of nitrogens with two attached hydrogens (primary N) is 1. The molecule has 2 atom stereocenters. The van der Waals surface area contributed by atoms with Crippen LogP contribution in [0, 0.1) is 0 Å². The molecule has 0 spiro atoms. The Labute approximate surface area is 134 Å². The molecule has 2 saturated heterocycles. The maximum absolute atomic E-state index is 6.01. The highest BCUT2D eigenvalue weighted by Crippen LogP contribution is 2.32. The quantitative estimate of drug-likeness (QED) is 0.901. The van der Waals surface area contributed by atoms with E-state index in [0.29, 0.717) is 12.1 Å². The number of nitrogens with zero attached hydrogens (tertiary/aromatic N) is 2. The van der Waals surface area contributed by atoms with E-state index in [9.17, 15) is 0 Å². The predicted octanol–water partition coefficient (Wildman–Crippen LogP) is 3.07. The topological polar surface area (TPSA) is 32.5 Å². The average molecular weight is 358 g/mol. The first-order valence-corrected chi connectivity index (χ1v) is 9.28. The highest BCUT2D eigenvalue weighted by Gasteiger charge is 2.32. The van der Waals surface area contributed by atoms with Gasteiger partial charge in [0.15, 0.2) is 0 Å². The smallest absolute Gasteiger partial charge is 0.0414 e. The third-order valence-corrected chi connectivity index (χ3v) is 6.70. The number of halogens is 1. The zero-order valence-electron chi connectivity index (χ0n) is 12.1. The summed E-state index contributed by atoms with van der Waals surface area (Å²) in [6.45, 7) is 7.17. The molecule has 2 fully saturated rings. The summed E-state index contributed by atoms with van der Waals surface area (Å²) in [7, 11) is 0. The number of thiophene rings is 1. The number of hydrogen-bond acceptors (Lipinski definition) is 4. The van der Waals surface area contributed by atoms with Gasteiger partial charge in [-0.2, -0.15) is 0 Å². The fourth-order valence-electron chi connectivity index (χ4n) is 3.43. The van der Waals surface area contributed by atoms with Gasteiger partial charge in [-0.25, -0.2) is 0 Å². The molecule has 3 rings (SSSR count). The van der Waals surface area contributed by atoms with E-state index >= 15 is 0 Å². The van der Waals surface area contributed by atoms with Gasteiger partial charge in [-0.05, 0) is 61.3 Å². The molecule has 3 nitrogen and oxygen atoms in total. The second-order valence-electron chi connectivity index (χ2n) is 6.15. The molecule has 0 radical (unpaired) electrons. The fraction of sp³-hybridized carbons (Fsp3) is 0.733. The van der Waals surface area contributed by atoms with Gasteiger partial charge < -0.3 is 5.73 Å². The van der Waals surface area contributed by atoms with Crippen LogP contribution in [0.15, 0.2) is 15.9 Å². The molecule has 2 aliphatic heterocycles. The van der Waals surface area contributed by atoms with Crippen LogP contribution in [0.5, 0.6) is 0 Å². The first-order valence-electron chi connectivity index (χ1n) is 7.61. The lowest BCUT2D eigenvalue weighted by Crippen LogP contribution is -2.46. The van der Waals surface area contributed by atoms with Crippen molar-refractivity contribution >= 4 is 27.3 Å². The van der Waals surface area contributed by atoms with Gasteiger partial charge in [0.1, 0.15) is 0 Å². The Morgan fingerprint density at radius 3 is 2.70 bits per heavy atom. The molecule has 1 aromatic rings. The van der Waals surface area contributed by atoms with Crippen molar-refractivity contribution in [3.05, 3.63) is 20.8 Å². The molecule has 5 heteroatoms. The lowest BCUT2D eigenvalue weighted by Gasteiger charge is -2.35. The Hall–Kier alpha value is 0.0600. The number of piperidine rings is 1. The highest BCUT2D eigenvalue weighted by atomic mass is 79.9. The van der Waals surface area contributed by atoms with Gasteiger partial charge in [-0.15, -0.1) is 11.3 Å². The first kappa shape index (κ1) is 15.0. The minimum absolute atomic E-state index is 0.436. The zero-order valence-corrected chi connectivity index (χ0v) is 14.5. The van der Waals surface area contributed by atoms with Crippen molar-refractivity contribution < 1.29 is 0 Å². The summed E-state index contributed by atoms with van der Waals surface area (Å²) in [4.78, 5) is 6.77. The SMILES string of the molecule is CC(c1cc(Br)cs1)N1CCC(N2CCC(N)CC2)C1. The molecule has 0 bridgehead atoms. The van der Waals surface area contributed by atoms with Gasteiger partial charge in [0, 0.05) is 45.9 Å². The molecule has 1 aromatic heterocycles. The fourth-order valence-corrected chi connectivity index (χ4v) is 4.97. The van der Waals surface area contributed by atoms with E-state index in [4.69, 9.17) is 5.73 Å². The molecule has 20 heavy (non-hydrogen) atoms. The maximum Gasteiger partial charge on any atom is 0.0414 e. The maximum atomic E-state index is 6.01. The number of likely N-dealkylation sites (tertiary alicyclic amines) is 2. The summed E-state index contributed by atoms with van der Waals surface area (Å²) in [6, 6.07) is 3.99. The molecule has 2 unspecified atom stereocenters. The standard InChI is InChI=1S/C15H24BrN3S/c1-11(15-8-12(16)10-20-15)19-7-4-14(9-19)18-5-2-13(17)3-6-18/h8,10-11,13-14H,2-7,9,17H2,1H3. The van der Waals surface area contributed by atoms with Crippen LogP contribution in [0.2, 0.25) is 0 Å². The van der Waals surface area contributed by atoms with Crippen molar-refractivity contribution in [3.8, 4) is 0 Å². The van der Waals surface area contributed by atoms with Crippen LogP contribution in [-0.2, 0) is 0 Å². The summed E-state index contributed by atoms with van der Waals surface area (Å²) in [6.07, 6.45) is 3.65. The third kappa shape index (κ3) is 3.28. The summed E-state index contributed by atoms with van der Waals surface area (Å²) in [5.41, 5.74) is 6.01. The van der Waals surface area contributed by atoms with E-state index in [1.165, 1.54) is 54.8 Å². The molecule has 0 amide bonds. The Kier molecular flexibility index (Phi) is 4.82. The second kappa shape index (κ2) is 6.44. The number of hydrogen-bond donors (Lipinski definition) is 1. The van der Waals surface area contributed by atoms with Crippen LogP contribution in [0.1, 0.15) is 37.1 Å². The van der Waals surface area contributed by atoms with Crippen molar-refractivity contribution in [1.29, 1.82) is 0 Å². The Balaban J connectivity index is 1.56. The molecule has 3 heterocycles. The second-order valence-corrected chi connectivity index (χ2v) is 8.01. The van der Waals surface area contributed by atoms with Crippen LogP contribution < -0.4 is 5.73 Å². The Morgan fingerprint density at radius 1 is 1.30 bits per heavy atom. The first-order chi connectivity index (χ1) is 9.63. The lowest BCUT2D eigenvalue weighted by atomic mass is 10.0. The van der Waals surface area contributed by atoms with E-state index in [2.05, 4.69) is 44.1 Å². The lowest BCUT2D eigenvalue weighted by molar-refractivity contribution is 0.146. The normalized spacial score (nSPS) is 28.1. The van der Waals surface area contributed by atoms with Crippen molar-refractivity contribution in [2.24, 2.45) is 5.73 Å². The van der Waals surface area contributed by atoms with Gasteiger partial charge in [0.2, 0.25) is 0 Å². The summed E-state index contributed by atoms with van der Waals surface area (Å²) < 4.78 is 1.21. The monoisotopic (exact) mass is 357 g/mol. The molecule has 0 aromatic carbocycles. The third-order valence-electron chi connectivity index (χ3n) is 4.83. The molecule has 0 saturated carbocycles.